The van der Waals surface area contributed by atoms with E-state index in [1.807, 2.05) is 20.8 Å². The van der Waals surface area contributed by atoms with E-state index in [1.165, 1.54) is 38.5 Å². The van der Waals surface area contributed by atoms with E-state index in [2.05, 4.69) is 15.5 Å². The van der Waals surface area contributed by atoms with Crippen molar-refractivity contribution in [3.05, 3.63) is 11.7 Å². The maximum Gasteiger partial charge on any atom is 0.307 e. The predicted molar refractivity (Wildman–Crippen MR) is 111 cm³/mol. The molecular formula is C22H39N3O4. The Kier molecular flexibility index (Phi) is 10.1. The zero-order valence-corrected chi connectivity index (χ0v) is 18.4. The van der Waals surface area contributed by atoms with Gasteiger partial charge in [0, 0.05) is 12.5 Å². The average molecular weight is 410 g/mol. The first-order valence-corrected chi connectivity index (χ1v) is 11.3. The van der Waals surface area contributed by atoms with Crippen LogP contribution < -0.4 is 5.32 Å². The Morgan fingerprint density at radius 3 is 2.79 bits per heavy atom. The standard InChI is InChI=1S/C22H39N3O4/c1-4-22(2,3)28-20(27)15-18(12-8-11-17-9-6-5-7-10-17)21-24-19(25-29-21)16-23-13-14-26/h17-18,23,26H,4-16H2,1-3H3/t18-/m1/s1. The van der Waals surface area contributed by atoms with Crippen molar-refractivity contribution in [2.45, 2.75) is 103 Å². The molecule has 0 radical (unpaired) electrons. The summed E-state index contributed by atoms with van der Waals surface area (Å²) in [7, 11) is 0. The molecule has 1 aromatic rings. The minimum Gasteiger partial charge on any atom is -0.460 e. The molecule has 1 saturated carbocycles. The summed E-state index contributed by atoms with van der Waals surface area (Å²) in [5, 5.41) is 15.9. The highest BCUT2D eigenvalue weighted by Crippen LogP contribution is 2.31. The van der Waals surface area contributed by atoms with Crippen molar-refractivity contribution in [1.82, 2.24) is 15.5 Å². The van der Waals surface area contributed by atoms with Crippen LogP contribution in [0.4, 0.5) is 0 Å². The number of nitrogens with one attached hydrogen (secondary N) is 1. The Labute approximate surface area is 175 Å². The van der Waals surface area contributed by atoms with E-state index in [9.17, 15) is 4.79 Å². The van der Waals surface area contributed by atoms with Gasteiger partial charge in [0.05, 0.1) is 19.6 Å². The molecule has 1 aliphatic carbocycles. The zero-order valence-electron chi connectivity index (χ0n) is 18.4. The number of hydrogen-bond acceptors (Lipinski definition) is 7. The molecule has 1 heterocycles. The summed E-state index contributed by atoms with van der Waals surface area (Å²) in [6.45, 7) is 6.85. The third-order valence-electron chi connectivity index (χ3n) is 5.95. The number of carbonyl (C=O) groups excluding carboxylic acids is 1. The highest BCUT2D eigenvalue weighted by molar-refractivity contribution is 5.70. The van der Waals surface area contributed by atoms with Gasteiger partial charge < -0.3 is 19.7 Å². The van der Waals surface area contributed by atoms with Crippen LogP contribution in [0, 0.1) is 5.92 Å². The molecule has 1 fully saturated rings. The number of rotatable bonds is 13. The highest BCUT2D eigenvalue weighted by Gasteiger charge is 2.27. The molecule has 7 heteroatoms. The number of aliphatic hydroxyl groups excluding tert-OH is 1. The summed E-state index contributed by atoms with van der Waals surface area (Å²) < 4.78 is 11.1. The van der Waals surface area contributed by atoms with E-state index >= 15 is 0 Å². The lowest BCUT2D eigenvalue weighted by Crippen LogP contribution is -2.28. The molecule has 0 aromatic carbocycles. The molecule has 7 nitrogen and oxygen atoms in total. The second-order valence-corrected chi connectivity index (χ2v) is 8.87. The van der Waals surface area contributed by atoms with Gasteiger partial charge in [-0.1, -0.05) is 57.0 Å². The lowest BCUT2D eigenvalue weighted by Gasteiger charge is -2.25. The second kappa shape index (κ2) is 12.3. The highest BCUT2D eigenvalue weighted by atomic mass is 16.6. The van der Waals surface area contributed by atoms with Crippen molar-refractivity contribution in [1.29, 1.82) is 0 Å². The Bertz CT molecular complexity index is 597. The molecule has 0 spiro atoms. The summed E-state index contributed by atoms with van der Waals surface area (Å²) in [5.74, 6) is 1.56. The lowest BCUT2D eigenvalue weighted by molar-refractivity contribution is -0.157. The van der Waals surface area contributed by atoms with E-state index in [0.29, 0.717) is 24.8 Å². The third-order valence-corrected chi connectivity index (χ3v) is 5.95. The van der Waals surface area contributed by atoms with E-state index < -0.39 is 5.60 Å². The number of carbonyl (C=O) groups is 1. The van der Waals surface area contributed by atoms with Crippen LogP contribution in [-0.4, -0.2) is 40.0 Å². The fraction of sp³-hybridized carbons (Fsp3) is 0.864. The summed E-state index contributed by atoms with van der Waals surface area (Å²) in [6.07, 6.45) is 10.9. The van der Waals surface area contributed by atoms with Crippen LogP contribution in [-0.2, 0) is 16.1 Å². The molecule has 29 heavy (non-hydrogen) atoms. The number of hydrogen-bond donors (Lipinski definition) is 2. The molecule has 0 amide bonds. The van der Waals surface area contributed by atoms with Crippen molar-refractivity contribution in [3.8, 4) is 0 Å². The van der Waals surface area contributed by atoms with Crippen LogP contribution >= 0.6 is 0 Å². The quantitative estimate of drug-likeness (QED) is 0.374. The van der Waals surface area contributed by atoms with Gasteiger partial charge in [0.2, 0.25) is 5.89 Å². The van der Waals surface area contributed by atoms with Crippen LogP contribution in [0.3, 0.4) is 0 Å². The fourth-order valence-corrected chi connectivity index (χ4v) is 3.85. The molecule has 2 N–H and O–H groups in total. The van der Waals surface area contributed by atoms with Crippen LogP contribution in [0.2, 0.25) is 0 Å². The fourth-order valence-electron chi connectivity index (χ4n) is 3.85. The number of aliphatic hydroxyl groups is 1. The van der Waals surface area contributed by atoms with Crippen molar-refractivity contribution in [2.24, 2.45) is 5.92 Å². The first-order chi connectivity index (χ1) is 13.9. The van der Waals surface area contributed by atoms with E-state index in [1.54, 1.807) is 0 Å². The Morgan fingerprint density at radius 2 is 2.10 bits per heavy atom. The SMILES string of the molecule is CCC(C)(C)OC(=O)C[C@@H](CCCC1CCCCC1)c1nc(CNCCO)no1. The van der Waals surface area contributed by atoms with Gasteiger partial charge >= 0.3 is 5.97 Å². The maximum atomic E-state index is 12.5. The number of nitrogens with zero attached hydrogens (tertiary/aromatic N) is 2. The lowest BCUT2D eigenvalue weighted by atomic mass is 9.84. The molecule has 166 valence electrons. The molecule has 0 unspecified atom stereocenters. The van der Waals surface area contributed by atoms with Gasteiger partial charge in [-0.05, 0) is 32.6 Å². The molecule has 0 saturated heterocycles. The second-order valence-electron chi connectivity index (χ2n) is 8.87. The topological polar surface area (TPSA) is 97.5 Å². The van der Waals surface area contributed by atoms with Gasteiger partial charge in [0.25, 0.3) is 0 Å². The van der Waals surface area contributed by atoms with Crippen molar-refractivity contribution < 1.29 is 19.2 Å². The van der Waals surface area contributed by atoms with Gasteiger partial charge in [-0.2, -0.15) is 4.98 Å². The summed E-state index contributed by atoms with van der Waals surface area (Å²) >= 11 is 0. The van der Waals surface area contributed by atoms with Crippen LogP contribution in [0.25, 0.3) is 0 Å². The Balaban J connectivity index is 1.95. The van der Waals surface area contributed by atoms with Crippen molar-refractivity contribution in [2.75, 3.05) is 13.2 Å². The number of esters is 1. The molecular weight excluding hydrogens is 370 g/mol. The minimum atomic E-state index is -0.460. The molecule has 1 aliphatic rings. The van der Waals surface area contributed by atoms with Gasteiger partial charge in [-0.15, -0.1) is 0 Å². The van der Waals surface area contributed by atoms with Gasteiger partial charge in [0.15, 0.2) is 5.82 Å². The van der Waals surface area contributed by atoms with E-state index in [4.69, 9.17) is 14.4 Å². The first kappa shape index (κ1) is 23.8. The average Bonchev–Trinajstić information content (AvgIpc) is 3.17. The third kappa shape index (κ3) is 8.83. The summed E-state index contributed by atoms with van der Waals surface area (Å²) in [4.78, 5) is 17.0. The Morgan fingerprint density at radius 1 is 1.34 bits per heavy atom. The van der Waals surface area contributed by atoms with Crippen molar-refractivity contribution >= 4 is 5.97 Å². The minimum absolute atomic E-state index is 0.0631. The molecule has 2 rings (SSSR count). The van der Waals surface area contributed by atoms with Crippen LogP contribution in [0.1, 0.15) is 103 Å². The maximum absolute atomic E-state index is 12.5. The van der Waals surface area contributed by atoms with Gasteiger partial charge in [-0.3, -0.25) is 4.79 Å². The van der Waals surface area contributed by atoms with E-state index in [0.717, 1.165) is 25.2 Å². The number of ether oxygens (including phenoxy) is 1. The van der Waals surface area contributed by atoms with Crippen molar-refractivity contribution in [3.63, 3.8) is 0 Å². The summed E-state index contributed by atoms with van der Waals surface area (Å²) in [6, 6.07) is 0. The molecule has 1 atom stereocenters. The van der Waals surface area contributed by atoms with Crippen LogP contribution in [0.5, 0.6) is 0 Å². The largest absolute Gasteiger partial charge is 0.460 e. The molecule has 0 aliphatic heterocycles. The van der Waals surface area contributed by atoms with Crippen LogP contribution in [0.15, 0.2) is 4.52 Å². The summed E-state index contributed by atoms with van der Waals surface area (Å²) in [5.41, 5.74) is -0.460. The monoisotopic (exact) mass is 409 g/mol. The van der Waals surface area contributed by atoms with Gasteiger partial charge in [-0.25, -0.2) is 0 Å². The smallest absolute Gasteiger partial charge is 0.307 e. The normalized spacial score (nSPS) is 16.7. The predicted octanol–water partition coefficient (Wildman–Crippen LogP) is 4.11. The molecule has 1 aromatic heterocycles. The first-order valence-electron chi connectivity index (χ1n) is 11.3. The van der Waals surface area contributed by atoms with E-state index in [-0.39, 0.29) is 24.9 Å². The number of aromatic nitrogens is 2. The zero-order chi connectivity index (χ0) is 21.1. The Hall–Kier alpha value is -1.47. The molecule has 0 bridgehead atoms. The van der Waals surface area contributed by atoms with Gasteiger partial charge in [0.1, 0.15) is 5.60 Å².